The zero-order valence-corrected chi connectivity index (χ0v) is 40.6. The molecule has 334 valence electrons. The monoisotopic (exact) mass is 957 g/mol. The number of thioether (sulfide) groups is 2. The smallest absolute Gasteiger partial charge is 0.181 e. The first-order valence-electron chi connectivity index (χ1n) is 21.2. The molecule has 0 fully saturated rings. The van der Waals surface area contributed by atoms with Gasteiger partial charge in [-0.05, 0) is 101 Å². The maximum atomic E-state index is 11.4. The van der Waals surface area contributed by atoms with Crippen molar-refractivity contribution in [2.24, 2.45) is 9.98 Å². The Morgan fingerprint density at radius 3 is 1.80 bits per heavy atom. The Labute approximate surface area is 399 Å². The number of carbonyl (C=O) groups excluding carboxylic acids is 1. The van der Waals surface area contributed by atoms with Gasteiger partial charge < -0.3 is 14.6 Å². The SMILES string of the molecule is C.CC(=O)C1CSC(c2nc3ccc4ccccc4c3s2)=N1.CC(C)OC(OC(C)C)C1CSC(c2nc3ccc4cc(O)ccc4c3s2)=N1.Cc1ccc2c(ccc3nc(C)sc32)c1. The highest BCUT2D eigenvalue weighted by atomic mass is 32.2. The summed E-state index contributed by atoms with van der Waals surface area (Å²) in [4.78, 5) is 34.8. The Balaban J connectivity index is 0.000000138. The minimum atomic E-state index is -0.344. The highest BCUT2D eigenvalue weighted by molar-refractivity contribution is 8.15. The number of rotatable bonds is 8. The standard InChI is InChI=1S/C21H24N2O3S2.C16H12N2OS2.C13H11NS.CH4/c1-11(2)25-21(26-12(3)4)17-10-27-19(23-17)20-22-16-8-5-13-9-14(24)6-7-15(13)18(16)28-20;1-9(19)13-8-20-15(18-13)16-17-12-7-6-10-4-2-3-5-11(10)14(12)21-16;1-8-3-5-11-10(7-8)4-6-12-13(11)15-9(2)14-12;/h5-9,11-12,17,21,24H,10H2,1-4H3;2-7,13H,8H2,1H3;3-7H,1-2H3;1H4. The summed E-state index contributed by atoms with van der Waals surface area (Å²) in [6.45, 7) is 13.8. The molecule has 1 N–H and O–H groups in total. The van der Waals surface area contributed by atoms with Crippen molar-refractivity contribution in [3.63, 3.8) is 0 Å². The average molecular weight is 958 g/mol. The van der Waals surface area contributed by atoms with Crippen molar-refractivity contribution < 1.29 is 19.4 Å². The van der Waals surface area contributed by atoms with Gasteiger partial charge in [-0.3, -0.25) is 14.8 Å². The quantitative estimate of drug-likeness (QED) is 0.148. The van der Waals surface area contributed by atoms with E-state index in [0.29, 0.717) is 0 Å². The number of fused-ring (bicyclic) bond motifs is 9. The Morgan fingerprint density at radius 1 is 0.631 bits per heavy atom. The van der Waals surface area contributed by atoms with E-state index in [0.717, 1.165) is 68.6 Å². The van der Waals surface area contributed by atoms with E-state index in [9.17, 15) is 9.90 Å². The van der Waals surface area contributed by atoms with Gasteiger partial charge in [0.15, 0.2) is 12.1 Å². The highest BCUT2D eigenvalue weighted by Gasteiger charge is 2.32. The second-order valence-electron chi connectivity index (χ2n) is 16.3. The van der Waals surface area contributed by atoms with Crippen molar-refractivity contribution in [2.45, 2.75) is 86.5 Å². The number of thiazole rings is 3. The van der Waals surface area contributed by atoms with Crippen LogP contribution in [0.2, 0.25) is 0 Å². The normalized spacial score (nSPS) is 16.1. The number of aliphatic imine (C=N–C) groups is 2. The number of Topliss-reactive ketones (excluding diaryl/α,β-unsaturated/α-hetero) is 1. The predicted octanol–water partition coefficient (Wildman–Crippen LogP) is 13.8. The third-order valence-corrected chi connectivity index (χ3v) is 16.2. The van der Waals surface area contributed by atoms with Gasteiger partial charge in [0.2, 0.25) is 0 Å². The van der Waals surface area contributed by atoms with Gasteiger partial charge in [0, 0.05) is 27.7 Å². The summed E-state index contributed by atoms with van der Waals surface area (Å²) < 4.78 is 15.6. The van der Waals surface area contributed by atoms with Crippen LogP contribution in [0, 0.1) is 13.8 Å². The molecule has 0 saturated heterocycles. The van der Waals surface area contributed by atoms with Crippen LogP contribution < -0.4 is 0 Å². The van der Waals surface area contributed by atoms with Gasteiger partial charge in [-0.2, -0.15) is 0 Å². The van der Waals surface area contributed by atoms with E-state index in [1.54, 1.807) is 76.6 Å². The molecule has 2 aliphatic heterocycles. The van der Waals surface area contributed by atoms with Gasteiger partial charge in [0.05, 0.1) is 47.9 Å². The van der Waals surface area contributed by atoms with E-state index in [4.69, 9.17) is 24.4 Å². The van der Waals surface area contributed by atoms with E-state index in [1.807, 2.05) is 52.0 Å². The number of ketones is 1. The molecule has 14 heteroatoms. The van der Waals surface area contributed by atoms with Gasteiger partial charge in [0.1, 0.15) is 37.9 Å². The van der Waals surface area contributed by atoms with Crippen molar-refractivity contribution in [3.8, 4) is 5.75 Å². The predicted molar refractivity (Wildman–Crippen MR) is 282 cm³/mol. The van der Waals surface area contributed by atoms with Gasteiger partial charge in [0.25, 0.3) is 0 Å². The topological polar surface area (TPSA) is 119 Å². The average Bonchev–Trinajstić information content (AvgIpc) is 4.12. The number of nitrogens with zero attached hydrogens (tertiary/aromatic N) is 5. The Morgan fingerprint density at radius 2 is 1.17 bits per heavy atom. The molecule has 65 heavy (non-hydrogen) atoms. The van der Waals surface area contributed by atoms with Crippen molar-refractivity contribution >= 4 is 136 Å². The lowest BCUT2D eigenvalue weighted by Gasteiger charge is -2.25. The van der Waals surface area contributed by atoms with Crippen LogP contribution in [-0.4, -0.2) is 78.0 Å². The fourth-order valence-electron chi connectivity index (χ4n) is 7.58. The molecule has 0 amide bonds. The molecule has 3 aromatic heterocycles. The first kappa shape index (κ1) is 46.7. The first-order chi connectivity index (χ1) is 30.9. The molecule has 0 spiro atoms. The summed E-state index contributed by atoms with van der Waals surface area (Å²) in [5.74, 6) is 1.96. The van der Waals surface area contributed by atoms with Gasteiger partial charge >= 0.3 is 0 Å². The first-order valence-corrected chi connectivity index (χ1v) is 25.6. The van der Waals surface area contributed by atoms with Crippen LogP contribution in [0.3, 0.4) is 0 Å². The zero-order valence-electron chi connectivity index (χ0n) is 36.5. The van der Waals surface area contributed by atoms with Gasteiger partial charge in [-0.25, -0.2) is 15.0 Å². The van der Waals surface area contributed by atoms with Gasteiger partial charge in [-0.1, -0.05) is 73.7 Å². The lowest BCUT2D eigenvalue weighted by molar-refractivity contribution is -0.187. The second-order valence-corrected chi connectivity index (χ2v) is 21.5. The number of phenols is 1. The fourth-order valence-corrected chi connectivity index (χ4v) is 13.1. The van der Waals surface area contributed by atoms with Crippen LogP contribution in [0.4, 0.5) is 0 Å². The number of carbonyl (C=O) groups is 1. The number of ether oxygens (including phenoxy) is 2. The number of aromatic nitrogens is 3. The van der Waals surface area contributed by atoms with E-state index in [1.165, 1.54) is 36.5 Å². The van der Waals surface area contributed by atoms with E-state index in [-0.39, 0.29) is 49.5 Å². The van der Waals surface area contributed by atoms with Crippen molar-refractivity contribution in [3.05, 3.63) is 118 Å². The molecule has 0 radical (unpaired) electrons. The summed E-state index contributed by atoms with van der Waals surface area (Å²) in [5, 5.41) is 21.8. The van der Waals surface area contributed by atoms with Crippen LogP contribution in [0.1, 0.15) is 62.6 Å². The Bertz CT molecular complexity index is 3250. The number of hydrogen-bond donors (Lipinski definition) is 1. The number of aromatic hydroxyl groups is 1. The summed E-state index contributed by atoms with van der Waals surface area (Å²) >= 11 is 8.42. The van der Waals surface area contributed by atoms with Gasteiger partial charge in [-0.15, -0.1) is 57.5 Å². The number of benzene rings is 6. The van der Waals surface area contributed by atoms with Crippen molar-refractivity contribution in [1.29, 1.82) is 0 Å². The van der Waals surface area contributed by atoms with Crippen molar-refractivity contribution in [2.75, 3.05) is 11.5 Å². The third kappa shape index (κ3) is 10.3. The largest absolute Gasteiger partial charge is 0.508 e. The number of aryl methyl sites for hydroxylation is 2. The Kier molecular flexibility index (Phi) is 14.4. The molecular formula is C51H51N5O4S5. The molecule has 0 bridgehead atoms. The zero-order chi connectivity index (χ0) is 44.6. The maximum Gasteiger partial charge on any atom is 0.181 e. The second kappa shape index (κ2) is 20.0. The third-order valence-electron chi connectivity index (χ3n) is 10.6. The molecule has 2 aliphatic rings. The molecule has 9 aromatic rings. The van der Waals surface area contributed by atoms with E-state index in [2.05, 4.69) is 84.5 Å². The Hall–Kier alpha value is -4.80. The molecule has 11 rings (SSSR count). The minimum Gasteiger partial charge on any atom is -0.508 e. The van der Waals surface area contributed by atoms with Crippen LogP contribution in [0.15, 0.2) is 107 Å². The summed E-state index contributed by atoms with van der Waals surface area (Å²) in [6.07, 6.45) is -0.181. The van der Waals surface area contributed by atoms with Crippen LogP contribution in [0.5, 0.6) is 5.75 Å². The number of phenolic OH excluding ortho intramolecular Hbond substituents is 1. The van der Waals surface area contributed by atoms with E-state index < -0.39 is 0 Å². The van der Waals surface area contributed by atoms with Crippen molar-refractivity contribution in [1.82, 2.24) is 15.0 Å². The molecule has 2 unspecified atom stereocenters. The lowest BCUT2D eigenvalue weighted by atomic mass is 10.1. The van der Waals surface area contributed by atoms with E-state index >= 15 is 0 Å². The van der Waals surface area contributed by atoms with Crippen LogP contribution >= 0.6 is 57.5 Å². The minimum absolute atomic E-state index is 0. The van der Waals surface area contributed by atoms with Crippen LogP contribution in [-0.2, 0) is 14.3 Å². The maximum absolute atomic E-state index is 11.4. The van der Waals surface area contributed by atoms with Crippen LogP contribution in [0.25, 0.3) is 63.0 Å². The molecule has 0 aliphatic carbocycles. The molecule has 2 atom stereocenters. The fraction of sp³-hybridized carbons (Fsp3) is 0.294. The molecule has 5 heterocycles. The lowest BCUT2D eigenvalue weighted by Crippen LogP contribution is -2.35. The molecule has 0 saturated carbocycles. The molecule has 6 aromatic carbocycles. The number of hydrogen-bond acceptors (Lipinski definition) is 14. The summed E-state index contributed by atoms with van der Waals surface area (Å²) in [5.41, 5.74) is 4.39. The molecular weight excluding hydrogens is 907 g/mol. The molecule has 9 nitrogen and oxygen atoms in total. The highest BCUT2D eigenvalue weighted by Crippen LogP contribution is 2.37. The summed E-state index contributed by atoms with van der Waals surface area (Å²) in [6, 6.07) is 32.6. The summed E-state index contributed by atoms with van der Waals surface area (Å²) in [7, 11) is 0.